The molecule has 0 aromatic carbocycles. The number of nitrogens with zero attached hydrogens (tertiary/aromatic N) is 1. The molecule has 0 saturated carbocycles. The summed E-state index contributed by atoms with van der Waals surface area (Å²) in [7, 11) is -3.08. The van der Waals surface area contributed by atoms with Crippen molar-refractivity contribution in [2.24, 2.45) is 5.92 Å². The van der Waals surface area contributed by atoms with Gasteiger partial charge in [0.25, 0.3) is 0 Å². The summed E-state index contributed by atoms with van der Waals surface area (Å²) in [6.07, 6.45) is 2.11. The van der Waals surface area contributed by atoms with Crippen LogP contribution in [0.3, 0.4) is 0 Å². The van der Waals surface area contributed by atoms with E-state index in [1.807, 2.05) is 0 Å². The van der Waals surface area contributed by atoms with E-state index in [9.17, 15) is 18.0 Å². The molecule has 2 unspecified atom stereocenters. The van der Waals surface area contributed by atoms with Gasteiger partial charge in [0.05, 0.1) is 35.8 Å². The zero-order chi connectivity index (χ0) is 16.7. The highest BCUT2D eigenvalue weighted by Gasteiger charge is 2.42. The first kappa shape index (κ1) is 16.0. The molecule has 0 radical (unpaired) electrons. The predicted octanol–water partition coefficient (Wildman–Crippen LogP) is 0.321. The van der Waals surface area contributed by atoms with Crippen molar-refractivity contribution in [3.63, 3.8) is 0 Å². The van der Waals surface area contributed by atoms with Crippen molar-refractivity contribution >= 4 is 21.7 Å². The Morgan fingerprint density at radius 2 is 2.30 bits per heavy atom. The molecule has 0 spiro atoms. The molecular formula is C15H20N2O5S. The minimum atomic E-state index is -3.08. The average molecular weight is 340 g/mol. The number of amides is 2. The maximum absolute atomic E-state index is 12.4. The highest BCUT2D eigenvalue weighted by molar-refractivity contribution is 7.91. The number of carbonyl (C=O) groups is 2. The second-order valence-electron chi connectivity index (χ2n) is 6.65. The Morgan fingerprint density at radius 3 is 2.91 bits per heavy atom. The molecule has 8 heteroatoms. The molecular weight excluding hydrogens is 320 g/mol. The molecule has 1 N–H and O–H groups in total. The third-order valence-electron chi connectivity index (χ3n) is 4.44. The lowest BCUT2D eigenvalue weighted by atomic mass is 9.99. The zero-order valence-electron chi connectivity index (χ0n) is 12.9. The van der Waals surface area contributed by atoms with E-state index < -0.39 is 21.3 Å². The van der Waals surface area contributed by atoms with Crippen LogP contribution in [0.1, 0.15) is 25.5 Å². The van der Waals surface area contributed by atoms with Crippen LogP contribution in [0.25, 0.3) is 0 Å². The van der Waals surface area contributed by atoms with Crippen molar-refractivity contribution in [1.29, 1.82) is 0 Å². The number of rotatable bonds is 4. The molecule has 2 amide bonds. The summed E-state index contributed by atoms with van der Waals surface area (Å²) in [6, 6.07) is 3.53. The number of sulfone groups is 1. The largest absolute Gasteiger partial charge is 0.467 e. The van der Waals surface area contributed by atoms with Crippen molar-refractivity contribution in [2.45, 2.75) is 31.8 Å². The van der Waals surface area contributed by atoms with Crippen molar-refractivity contribution in [2.75, 3.05) is 18.1 Å². The Morgan fingerprint density at radius 1 is 1.52 bits per heavy atom. The van der Waals surface area contributed by atoms with Gasteiger partial charge in [-0.2, -0.15) is 0 Å². The van der Waals surface area contributed by atoms with Crippen LogP contribution in [0.2, 0.25) is 0 Å². The van der Waals surface area contributed by atoms with E-state index >= 15 is 0 Å². The molecule has 126 valence electrons. The van der Waals surface area contributed by atoms with Gasteiger partial charge in [-0.05, 0) is 25.5 Å². The average Bonchev–Trinajstić information content (AvgIpc) is 3.13. The van der Waals surface area contributed by atoms with Gasteiger partial charge in [-0.1, -0.05) is 0 Å². The Hall–Kier alpha value is -1.83. The van der Waals surface area contributed by atoms with Crippen LogP contribution in [0.15, 0.2) is 22.8 Å². The molecule has 2 saturated heterocycles. The summed E-state index contributed by atoms with van der Waals surface area (Å²) in [5.41, 5.74) is -0.729. The van der Waals surface area contributed by atoms with Gasteiger partial charge in [0.1, 0.15) is 5.76 Å². The van der Waals surface area contributed by atoms with Gasteiger partial charge in [-0.25, -0.2) is 8.42 Å². The predicted molar refractivity (Wildman–Crippen MR) is 82.1 cm³/mol. The van der Waals surface area contributed by atoms with Gasteiger partial charge in [0, 0.05) is 13.0 Å². The number of hydrogen-bond acceptors (Lipinski definition) is 5. The van der Waals surface area contributed by atoms with Gasteiger partial charge in [0.2, 0.25) is 11.8 Å². The Balaban J connectivity index is 1.60. The Bertz CT molecular complexity index is 712. The number of furan rings is 1. The molecule has 2 atom stereocenters. The van der Waals surface area contributed by atoms with Crippen LogP contribution in [0.4, 0.5) is 0 Å². The number of hydrogen-bond donors (Lipinski definition) is 1. The topological polar surface area (TPSA) is 96.7 Å². The van der Waals surface area contributed by atoms with Crippen molar-refractivity contribution in [3.05, 3.63) is 24.2 Å². The fourth-order valence-electron chi connectivity index (χ4n) is 3.20. The molecule has 2 fully saturated rings. The second kappa shape index (κ2) is 5.67. The summed E-state index contributed by atoms with van der Waals surface area (Å²) in [5.74, 6) is -0.0583. The SMILES string of the molecule is CC1(NC(=O)C2CC(=O)N(Cc3ccco3)C2)CCS(=O)(=O)C1. The molecule has 3 heterocycles. The first-order valence-electron chi connectivity index (χ1n) is 7.59. The molecule has 0 bridgehead atoms. The monoisotopic (exact) mass is 340 g/mol. The maximum Gasteiger partial charge on any atom is 0.225 e. The van der Waals surface area contributed by atoms with E-state index in [4.69, 9.17) is 4.42 Å². The van der Waals surface area contributed by atoms with Crippen LogP contribution in [0, 0.1) is 5.92 Å². The van der Waals surface area contributed by atoms with Crippen LogP contribution in [-0.4, -0.2) is 48.7 Å². The number of carbonyl (C=O) groups excluding carboxylic acids is 2. The molecule has 7 nitrogen and oxygen atoms in total. The number of nitrogens with one attached hydrogen (secondary N) is 1. The standard InChI is InChI=1S/C15H20N2O5S/c1-15(4-6-23(20,21)10-15)16-14(19)11-7-13(18)17(8-11)9-12-3-2-5-22-12/h2-3,5,11H,4,6-10H2,1H3,(H,16,19). The van der Waals surface area contributed by atoms with Crippen molar-refractivity contribution in [1.82, 2.24) is 10.2 Å². The third kappa shape index (κ3) is 3.57. The summed E-state index contributed by atoms with van der Waals surface area (Å²) in [4.78, 5) is 26.0. The Kier molecular flexibility index (Phi) is 3.95. The van der Waals surface area contributed by atoms with E-state index in [1.54, 1.807) is 30.2 Å². The van der Waals surface area contributed by atoms with Crippen LogP contribution in [0.5, 0.6) is 0 Å². The quantitative estimate of drug-likeness (QED) is 0.851. The van der Waals surface area contributed by atoms with E-state index in [1.165, 1.54) is 0 Å². The minimum Gasteiger partial charge on any atom is -0.467 e. The van der Waals surface area contributed by atoms with E-state index in [0.717, 1.165) is 0 Å². The van der Waals surface area contributed by atoms with Crippen LogP contribution in [-0.2, 0) is 26.0 Å². The van der Waals surface area contributed by atoms with E-state index in [2.05, 4.69) is 5.32 Å². The van der Waals surface area contributed by atoms with Crippen molar-refractivity contribution in [3.8, 4) is 0 Å². The highest BCUT2D eigenvalue weighted by atomic mass is 32.2. The van der Waals surface area contributed by atoms with E-state index in [0.29, 0.717) is 25.3 Å². The van der Waals surface area contributed by atoms with Gasteiger partial charge in [-0.15, -0.1) is 0 Å². The summed E-state index contributed by atoms with van der Waals surface area (Å²) in [5, 5.41) is 2.83. The first-order chi connectivity index (χ1) is 10.8. The van der Waals surface area contributed by atoms with Crippen LogP contribution >= 0.6 is 0 Å². The fraction of sp³-hybridized carbons (Fsp3) is 0.600. The lowest BCUT2D eigenvalue weighted by Crippen LogP contribution is -2.49. The normalized spacial score (nSPS) is 29.9. The fourth-order valence-corrected chi connectivity index (χ4v) is 5.29. The number of likely N-dealkylation sites (tertiary alicyclic amines) is 1. The summed E-state index contributed by atoms with van der Waals surface area (Å²) in [6.45, 7) is 2.42. The molecule has 2 aliphatic heterocycles. The van der Waals surface area contributed by atoms with Gasteiger partial charge in [-0.3, -0.25) is 9.59 Å². The van der Waals surface area contributed by atoms with Gasteiger partial charge in [0.15, 0.2) is 9.84 Å². The van der Waals surface area contributed by atoms with Gasteiger partial charge < -0.3 is 14.6 Å². The highest BCUT2D eigenvalue weighted by Crippen LogP contribution is 2.26. The van der Waals surface area contributed by atoms with Crippen LogP contribution < -0.4 is 5.32 Å². The smallest absolute Gasteiger partial charge is 0.225 e. The minimum absolute atomic E-state index is 0.0392. The lowest BCUT2D eigenvalue weighted by Gasteiger charge is -2.25. The second-order valence-corrected chi connectivity index (χ2v) is 8.83. The van der Waals surface area contributed by atoms with Gasteiger partial charge >= 0.3 is 0 Å². The zero-order valence-corrected chi connectivity index (χ0v) is 13.8. The summed E-state index contributed by atoms with van der Waals surface area (Å²) < 4.78 is 28.4. The maximum atomic E-state index is 12.4. The molecule has 0 aliphatic carbocycles. The lowest BCUT2D eigenvalue weighted by molar-refractivity contribution is -0.129. The van der Waals surface area contributed by atoms with Crippen molar-refractivity contribution < 1.29 is 22.4 Å². The molecule has 23 heavy (non-hydrogen) atoms. The first-order valence-corrected chi connectivity index (χ1v) is 9.41. The van der Waals surface area contributed by atoms with E-state index in [-0.39, 0.29) is 29.7 Å². The molecule has 3 rings (SSSR count). The molecule has 1 aromatic heterocycles. The molecule has 2 aliphatic rings. The Labute approximate surface area is 134 Å². The third-order valence-corrected chi connectivity index (χ3v) is 6.34. The summed E-state index contributed by atoms with van der Waals surface area (Å²) >= 11 is 0. The molecule has 1 aromatic rings.